The van der Waals surface area contributed by atoms with Crippen molar-refractivity contribution < 1.29 is 17.6 Å². The zero-order valence-corrected chi connectivity index (χ0v) is 15.5. The van der Waals surface area contributed by atoms with Gasteiger partial charge >= 0.3 is 0 Å². The molecule has 7 nitrogen and oxygen atoms in total. The maximum absolute atomic E-state index is 13.5. The standard InChI is InChI=1S/C16H25FN4O3S/c1-4-7-19-15(22)10-21-16(18-2)20-9-13-8-14(17)6-5-12(13)11-25(3,23)24/h5-6,8H,4,7,9-11H2,1-3H3,(H,19,22)(H2,18,20,21). The Hall–Kier alpha value is -2.16. The van der Waals surface area contributed by atoms with Crippen molar-refractivity contribution in [2.24, 2.45) is 4.99 Å². The van der Waals surface area contributed by atoms with Gasteiger partial charge in [-0.1, -0.05) is 13.0 Å². The molecule has 1 aromatic carbocycles. The molecule has 0 aromatic heterocycles. The van der Waals surface area contributed by atoms with E-state index in [1.54, 1.807) is 7.05 Å². The van der Waals surface area contributed by atoms with E-state index in [0.717, 1.165) is 12.7 Å². The monoisotopic (exact) mass is 372 g/mol. The number of amides is 1. The van der Waals surface area contributed by atoms with Gasteiger partial charge in [-0.15, -0.1) is 0 Å². The molecule has 1 aromatic rings. The number of guanidine groups is 1. The number of hydrogen-bond donors (Lipinski definition) is 3. The topological polar surface area (TPSA) is 99.7 Å². The summed E-state index contributed by atoms with van der Waals surface area (Å²) >= 11 is 0. The quantitative estimate of drug-likeness (QED) is 0.457. The first kappa shape index (κ1) is 20.9. The molecule has 0 spiro atoms. The van der Waals surface area contributed by atoms with Gasteiger partial charge in [0.1, 0.15) is 5.82 Å². The summed E-state index contributed by atoms with van der Waals surface area (Å²) in [4.78, 5) is 15.6. The highest BCUT2D eigenvalue weighted by molar-refractivity contribution is 7.89. The second-order valence-electron chi connectivity index (χ2n) is 5.61. The lowest BCUT2D eigenvalue weighted by Gasteiger charge is -2.14. The first-order valence-electron chi connectivity index (χ1n) is 7.91. The van der Waals surface area contributed by atoms with Gasteiger partial charge in [-0.05, 0) is 29.7 Å². The molecule has 0 bridgehead atoms. The summed E-state index contributed by atoms with van der Waals surface area (Å²) in [6.45, 7) is 2.80. The van der Waals surface area contributed by atoms with Crippen LogP contribution in [-0.2, 0) is 26.9 Å². The molecule has 9 heteroatoms. The maximum Gasteiger partial charge on any atom is 0.239 e. The molecule has 1 amide bonds. The first-order chi connectivity index (χ1) is 11.7. The highest BCUT2D eigenvalue weighted by Gasteiger charge is 2.11. The lowest BCUT2D eigenvalue weighted by Crippen LogP contribution is -2.43. The van der Waals surface area contributed by atoms with Gasteiger partial charge in [0.05, 0.1) is 12.3 Å². The molecule has 0 aliphatic carbocycles. The molecular formula is C16H25FN4O3S. The second kappa shape index (κ2) is 9.97. The molecule has 0 aliphatic heterocycles. The Kier molecular flexibility index (Phi) is 8.33. The van der Waals surface area contributed by atoms with Crippen LogP contribution in [0.5, 0.6) is 0 Å². The fourth-order valence-electron chi connectivity index (χ4n) is 2.07. The van der Waals surface area contributed by atoms with E-state index in [1.165, 1.54) is 18.2 Å². The van der Waals surface area contributed by atoms with Crippen LogP contribution in [0.3, 0.4) is 0 Å². The summed E-state index contributed by atoms with van der Waals surface area (Å²) < 4.78 is 36.5. The van der Waals surface area contributed by atoms with Crippen molar-refractivity contribution >= 4 is 21.7 Å². The van der Waals surface area contributed by atoms with E-state index in [4.69, 9.17) is 0 Å². The van der Waals surface area contributed by atoms with E-state index >= 15 is 0 Å². The van der Waals surface area contributed by atoms with Crippen LogP contribution >= 0.6 is 0 Å². The van der Waals surface area contributed by atoms with E-state index in [0.29, 0.717) is 23.6 Å². The van der Waals surface area contributed by atoms with Crippen LogP contribution in [-0.4, -0.2) is 46.7 Å². The maximum atomic E-state index is 13.5. The highest BCUT2D eigenvalue weighted by Crippen LogP contribution is 2.14. The summed E-state index contributed by atoms with van der Waals surface area (Å²) in [6.07, 6.45) is 1.98. The summed E-state index contributed by atoms with van der Waals surface area (Å²) in [7, 11) is -1.69. The summed E-state index contributed by atoms with van der Waals surface area (Å²) in [5.74, 6) is -0.416. The Bertz CT molecular complexity index is 720. The number of nitrogens with one attached hydrogen (secondary N) is 3. The van der Waals surface area contributed by atoms with Gasteiger partial charge in [-0.3, -0.25) is 9.79 Å². The van der Waals surface area contributed by atoms with E-state index in [-0.39, 0.29) is 24.7 Å². The van der Waals surface area contributed by atoms with Crippen molar-refractivity contribution in [2.75, 3.05) is 26.4 Å². The zero-order valence-electron chi connectivity index (χ0n) is 14.7. The lowest BCUT2D eigenvalue weighted by atomic mass is 10.1. The van der Waals surface area contributed by atoms with Crippen molar-refractivity contribution in [3.05, 3.63) is 35.1 Å². The number of sulfone groups is 1. The van der Waals surface area contributed by atoms with Crippen LogP contribution in [0.4, 0.5) is 4.39 Å². The number of carbonyl (C=O) groups is 1. The van der Waals surface area contributed by atoms with Crippen molar-refractivity contribution in [3.63, 3.8) is 0 Å². The molecule has 3 N–H and O–H groups in total. The molecule has 140 valence electrons. The highest BCUT2D eigenvalue weighted by atomic mass is 32.2. The number of nitrogens with zero attached hydrogens (tertiary/aromatic N) is 1. The summed E-state index contributed by atoms with van der Waals surface area (Å²) in [6, 6.07) is 3.98. The van der Waals surface area contributed by atoms with Gasteiger partial charge < -0.3 is 16.0 Å². The molecule has 0 saturated carbocycles. The van der Waals surface area contributed by atoms with E-state index < -0.39 is 15.7 Å². The van der Waals surface area contributed by atoms with Gasteiger partial charge in [-0.2, -0.15) is 0 Å². The van der Waals surface area contributed by atoms with Gasteiger partial charge in [0.25, 0.3) is 0 Å². The van der Waals surface area contributed by atoms with E-state index in [9.17, 15) is 17.6 Å². The van der Waals surface area contributed by atoms with Crippen LogP contribution in [0.25, 0.3) is 0 Å². The number of carbonyl (C=O) groups excluding carboxylic acids is 1. The minimum atomic E-state index is -3.24. The molecular weight excluding hydrogens is 347 g/mol. The summed E-state index contributed by atoms with van der Waals surface area (Å²) in [5, 5.41) is 8.52. The van der Waals surface area contributed by atoms with Crippen LogP contribution in [0, 0.1) is 5.82 Å². The Morgan fingerprint density at radius 2 is 1.92 bits per heavy atom. The number of halogens is 1. The van der Waals surface area contributed by atoms with Gasteiger partial charge in [0.15, 0.2) is 15.8 Å². The van der Waals surface area contributed by atoms with Gasteiger partial charge in [0.2, 0.25) is 5.91 Å². The largest absolute Gasteiger partial charge is 0.355 e. The van der Waals surface area contributed by atoms with Crippen molar-refractivity contribution in [1.29, 1.82) is 0 Å². The van der Waals surface area contributed by atoms with Gasteiger partial charge in [-0.25, -0.2) is 12.8 Å². The molecule has 25 heavy (non-hydrogen) atoms. The Labute approximate surface area is 148 Å². The SMILES string of the molecule is CCCNC(=O)CNC(=NC)NCc1cc(F)ccc1CS(C)(=O)=O. The summed E-state index contributed by atoms with van der Waals surface area (Å²) in [5.41, 5.74) is 1.04. The van der Waals surface area contributed by atoms with Crippen molar-refractivity contribution in [2.45, 2.75) is 25.6 Å². The van der Waals surface area contributed by atoms with Crippen LogP contribution < -0.4 is 16.0 Å². The second-order valence-corrected chi connectivity index (χ2v) is 7.75. The molecule has 0 fully saturated rings. The van der Waals surface area contributed by atoms with Crippen molar-refractivity contribution in [1.82, 2.24) is 16.0 Å². The predicted molar refractivity (Wildman–Crippen MR) is 96.4 cm³/mol. The lowest BCUT2D eigenvalue weighted by molar-refractivity contribution is -0.120. The molecule has 0 saturated heterocycles. The average Bonchev–Trinajstić information content (AvgIpc) is 2.54. The molecule has 0 atom stereocenters. The fraction of sp³-hybridized carbons (Fsp3) is 0.500. The minimum absolute atomic E-state index is 0.0546. The van der Waals surface area contributed by atoms with Crippen LogP contribution in [0.2, 0.25) is 0 Å². The molecule has 0 heterocycles. The first-order valence-corrected chi connectivity index (χ1v) is 9.97. The normalized spacial score (nSPS) is 11.9. The molecule has 0 unspecified atom stereocenters. The van der Waals surface area contributed by atoms with Crippen molar-refractivity contribution in [3.8, 4) is 0 Å². The smallest absolute Gasteiger partial charge is 0.239 e. The Morgan fingerprint density at radius 3 is 2.52 bits per heavy atom. The van der Waals surface area contributed by atoms with Gasteiger partial charge in [0, 0.05) is 26.4 Å². The molecule has 0 radical (unpaired) electrons. The third-order valence-electron chi connectivity index (χ3n) is 3.24. The fourth-order valence-corrected chi connectivity index (χ4v) is 2.92. The molecule has 1 rings (SSSR count). The number of benzene rings is 1. The Morgan fingerprint density at radius 1 is 1.20 bits per heavy atom. The number of hydrogen-bond acceptors (Lipinski definition) is 4. The van der Waals surface area contributed by atoms with E-state index in [2.05, 4.69) is 20.9 Å². The molecule has 0 aliphatic rings. The average molecular weight is 372 g/mol. The third-order valence-corrected chi connectivity index (χ3v) is 4.08. The number of aliphatic imine (C=N–C) groups is 1. The zero-order chi connectivity index (χ0) is 18.9. The number of rotatable bonds is 8. The minimum Gasteiger partial charge on any atom is -0.355 e. The third kappa shape index (κ3) is 8.48. The predicted octanol–water partition coefficient (Wildman–Crippen LogP) is 0.562. The van der Waals surface area contributed by atoms with Crippen LogP contribution in [0.1, 0.15) is 24.5 Å². The van der Waals surface area contributed by atoms with E-state index in [1.807, 2.05) is 6.92 Å². The van der Waals surface area contributed by atoms with Crippen LogP contribution in [0.15, 0.2) is 23.2 Å². The Balaban J connectivity index is 2.68.